The minimum Gasteiger partial charge on any atom is -0.391 e. The second-order valence-corrected chi connectivity index (χ2v) is 3.24. The van der Waals surface area contributed by atoms with E-state index in [4.69, 9.17) is 4.84 Å². The molecule has 75 valence electrons. The van der Waals surface area contributed by atoms with E-state index >= 15 is 0 Å². The van der Waals surface area contributed by atoms with E-state index in [1.54, 1.807) is 18.2 Å². The maximum atomic E-state index is 13.0. The van der Waals surface area contributed by atoms with Crippen molar-refractivity contribution in [1.82, 2.24) is 0 Å². The molecule has 14 heavy (non-hydrogen) atoms. The van der Waals surface area contributed by atoms with Gasteiger partial charge < -0.3 is 4.84 Å². The fourth-order valence-corrected chi connectivity index (χ4v) is 0.860. The van der Waals surface area contributed by atoms with Crippen LogP contribution in [0.25, 0.3) is 0 Å². The molecule has 0 fully saturated rings. The monoisotopic (exact) mass is 194 g/mol. The first kappa shape index (κ1) is 10.7. The van der Waals surface area contributed by atoms with Crippen LogP contribution in [0.1, 0.15) is 19.4 Å². The van der Waals surface area contributed by atoms with Crippen LogP contribution in [-0.4, -0.2) is 6.21 Å². The van der Waals surface area contributed by atoms with Gasteiger partial charge in [0.2, 0.25) is 0 Å². The Morgan fingerprint density at radius 1 is 1.43 bits per heavy atom. The van der Waals surface area contributed by atoms with Crippen molar-refractivity contribution in [3.63, 3.8) is 0 Å². The number of rotatable bonds is 4. The minimum atomic E-state index is -0.271. The topological polar surface area (TPSA) is 21.6 Å². The molecule has 0 unspecified atom stereocenters. The van der Waals surface area contributed by atoms with Crippen LogP contribution in [0.5, 0.6) is 0 Å². The SMILES string of the molecule is CC(C)/[C]=N\OCc1ccccc1F. The van der Waals surface area contributed by atoms with E-state index in [1.807, 2.05) is 13.8 Å². The molecule has 0 bridgehead atoms. The highest BCUT2D eigenvalue weighted by molar-refractivity contribution is 5.58. The quantitative estimate of drug-likeness (QED) is 0.533. The third-order valence-corrected chi connectivity index (χ3v) is 1.55. The lowest BCUT2D eigenvalue weighted by atomic mass is 10.2. The maximum absolute atomic E-state index is 13.0. The van der Waals surface area contributed by atoms with Crippen LogP contribution in [0, 0.1) is 11.7 Å². The molecule has 0 atom stereocenters. The van der Waals surface area contributed by atoms with Crippen LogP contribution in [0.4, 0.5) is 4.39 Å². The molecule has 2 nitrogen and oxygen atoms in total. The third-order valence-electron chi connectivity index (χ3n) is 1.55. The molecule has 0 aromatic heterocycles. The Hall–Kier alpha value is -1.38. The molecular formula is C11H13FNO. The number of benzene rings is 1. The first-order chi connectivity index (χ1) is 6.70. The molecular weight excluding hydrogens is 181 g/mol. The Balaban J connectivity index is 2.42. The first-order valence-corrected chi connectivity index (χ1v) is 4.51. The molecule has 3 heteroatoms. The van der Waals surface area contributed by atoms with Gasteiger partial charge in [-0.25, -0.2) is 4.39 Å². The number of nitrogens with zero attached hydrogens (tertiary/aromatic N) is 1. The lowest BCUT2D eigenvalue weighted by Gasteiger charge is -2.00. The van der Waals surface area contributed by atoms with Gasteiger partial charge in [-0.1, -0.05) is 37.2 Å². The summed E-state index contributed by atoms with van der Waals surface area (Å²) in [6.45, 7) is 4.03. The standard InChI is InChI=1S/C11H13FNO/c1-9(2)7-13-14-8-10-5-3-4-6-11(10)12/h3-6,9H,8H2,1-2H3. The van der Waals surface area contributed by atoms with Gasteiger partial charge in [-0.3, -0.25) is 0 Å². The largest absolute Gasteiger partial charge is 0.391 e. The molecule has 1 aromatic rings. The van der Waals surface area contributed by atoms with E-state index in [9.17, 15) is 4.39 Å². The van der Waals surface area contributed by atoms with Crippen molar-refractivity contribution < 1.29 is 9.23 Å². The molecule has 1 aromatic carbocycles. The average Bonchev–Trinajstić information content (AvgIpc) is 2.15. The Kier molecular flexibility index (Phi) is 4.11. The molecule has 0 spiro atoms. The highest BCUT2D eigenvalue weighted by Crippen LogP contribution is 2.07. The molecule has 0 saturated heterocycles. The number of hydrogen-bond donors (Lipinski definition) is 0. The van der Waals surface area contributed by atoms with Gasteiger partial charge >= 0.3 is 0 Å². The Bertz CT molecular complexity index is 310. The summed E-state index contributed by atoms with van der Waals surface area (Å²) in [7, 11) is 0. The van der Waals surface area contributed by atoms with Gasteiger partial charge in [0.15, 0.2) is 0 Å². The van der Waals surface area contributed by atoms with Gasteiger partial charge in [0.05, 0.1) is 0 Å². The second-order valence-electron chi connectivity index (χ2n) is 3.24. The second kappa shape index (κ2) is 5.37. The van der Waals surface area contributed by atoms with Crippen LogP contribution >= 0.6 is 0 Å². The zero-order chi connectivity index (χ0) is 10.4. The minimum absolute atomic E-state index is 0.145. The number of hydrogen-bond acceptors (Lipinski definition) is 2. The molecule has 0 aliphatic heterocycles. The molecule has 1 radical (unpaired) electrons. The van der Waals surface area contributed by atoms with Gasteiger partial charge in [0.1, 0.15) is 18.6 Å². The molecule has 0 saturated carbocycles. The summed E-state index contributed by atoms with van der Waals surface area (Å²) in [5.74, 6) is -0.0529. The molecule has 1 rings (SSSR count). The highest BCUT2D eigenvalue weighted by Gasteiger charge is 1.99. The molecule has 0 aliphatic rings. The fraction of sp³-hybridized carbons (Fsp3) is 0.364. The van der Waals surface area contributed by atoms with Crippen molar-refractivity contribution in [2.45, 2.75) is 20.5 Å². The van der Waals surface area contributed by atoms with Crippen LogP contribution in [0.3, 0.4) is 0 Å². The van der Waals surface area contributed by atoms with Crippen molar-refractivity contribution in [1.29, 1.82) is 0 Å². The van der Waals surface area contributed by atoms with Crippen LogP contribution < -0.4 is 0 Å². The number of halogens is 1. The molecule has 0 amide bonds. The zero-order valence-corrected chi connectivity index (χ0v) is 8.33. The van der Waals surface area contributed by atoms with Crippen molar-refractivity contribution in [3.05, 3.63) is 35.6 Å². The van der Waals surface area contributed by atoms with Crippen molar-refractivity contribution in [2.75, 3.05) is 0 Å². The predicted octanol–water partition coefficient (Wildman–Crippen LogP) is 2.86. The van der Waals surface area contributed by atoms with E-state index in [0.29, 0.717) is 5.56 Å². The zero-order valence-electron chi connectivity index (χ0n) is 8.33. The summed E-state index contributed by atoms with van der Waals surface area (Å²) < 4.78 is 13.0. The van der Waals surface area contributed by atoms with Gasteiger partial charge in [0, 0.05) is 11.5 Å². The van der Waals surface area contributed by atoms with Crippen molar-refractivity contribution >= 4 is 6.21 Å². The average molecular weight is 194 g/mol. The summed E-state index contributed by atoms with van der Waals surface area (Å²) in [5.41, 5.74) is 0.502. The Labute approximate surface area is 83.4 Å². The lowest BCUT2D eigenvalue weighted by Crippen LogP contribution is -1.93. The summed E-state index contributed by atoms with van der Waals surface area (Å²) >= 11 is 0. The van der Waals surface area contributed by atoms with E-state index < -0.39 is 0 Å². The van der Waals surface area contributed by atoms with E-state index in [0.717, 1.165) is 0 Å². The molecule has 0 aliphatic carbocycles. The van der Waals surface area contributed by atoms with Crippen LogP contribution in [0.15, 0.2) is 29.4 Å². The third kappa shape index (κ3) is 3.56. The normalized spacial score (nSPS) is 11.1. The highest BCUT2D eigenvalue weighted by atomic mass is 19.1. The van der Waals surface area contributed by atoms with E-state index in [-0.39, 0.29) is 18.3 Å². The first-order valence-electron chi connectivity index (χ1n) is 4.51. The summed E-state index contributed by atoms with van der Waals surface area (Å²) in [4.78, 5) is 4.89. The van der Waals surface area contributed by atoms with Gasteiger partial charge in [-0.2, -0.15) is 0 Å². The van der Waals surface area contributed by atoms with Gasteiger partial charge in [-0.15, -0.1) is 0 Å². The van der Waals surface area contributed by atoms with E-state index in [1.165, 1.54) is 6.07 Å². The van der Waals surface area contributed by atoms with Crippen molar-refractivity contribution in [3.8, 4) is 0 Å². The summed E-state index contributed by atoms with van der Waals surface area (Å²) in [5, 5.41) is 3.59. The summed E-state index contributed by atoms with van der Waals surface area (Å²) in [6, 6.07) is 6.47. The summed E-state index contributed by atoms with van der Waals surface area (Å²) in [6.07, 6.45) is 2.72. The Morgan fingerprint density at radius 2 is 2.14 bits per heavy atom. The van der Waals surface area contributed by atoms with E-state index in [2.05, 4.69) is 11.4 Å². The smallest absolute Gasteiger partial charge is 0.145 e. The fourth-order valence-electron chi connectivity index (χ4n) is 0.860. The molecule has 0 N–H and O–H groups in total. The maximum Gasteiger partial charge on any atom is 0.145 e. The van der Waals surface area contributed by atoms with Crippen LogP contribution in [0.2, 0.25) is 0 Å². The predicted molar refractivity (Wildman–Crippen MR) is 53.5 cm³/mol. The van der Waals surface area contributed by atoms with Crippen molar-refractivity contribution in [2.24, 2.45) is 11.1 Å². The van der Waals surface area contributed by atoms with Gasteiger partial charge in [-0.05, 0) is 6.07 Å². The lowest BCUT2D eigenvalue weighted by molar-refractivity contribution is 0.128. The van der Waals surface area contributed by atoms with Gasteiger partial charge in [0.25, 0.3) is 0 Å². The van der Waals surface area contributed by atoms with Crippen LogP contribution in [-0.2, 0) is 11.4 Å². The molecule has 0 heterocycles. The Morgan fingerprint density at radius 3 is 2.79 bits per heavy atom.